The number of aromatic nitrogens is 1. The lowest BCUT2D eigenvalue weighted by atomic mass is 10.1. The van der Waals surface area contributed by atoms with Crippen LogP contribution in [0.3, 0.4) is 0 Å². The van der Waals surface area contributed by atoms with Gasteiger partial charge >= 0.3 is 0 Å². The molecule has 0 aliphatic carbocycles. The number of carbonyl (C=O) groups is 1. The second-order valence-electron chi connectivity index (χ2n) is 4.46. The Hall–Kier alpha value is -1.59. The second-order valence-corrected chi connectivity index (χ2v) is 5.52. The van der Waals surface area contributed by atoms with E-state index >= 15 is 0 Å². The number of halogens is 1. The lowest BCUT2D eigenvalue weighted by Gasteiger charge is -2.14. The molecule has 5 heteroatoms. The van der Waals surface area contributed by atoms with Gasteiger partial charge in [-0.2, -0.15) is 0 Å². The quantitative estimate of drug-likeness (QED) is 0.788. The van der Waals surface area contributed by atoms with E-state index in [9.17, 15) is 9.18 Å². The summed E-state index contributed by atoms with van der Waals surface area (Å²) in [6.07, 6.45) is 0. The third-order valence-electron chi connectivity index (χ3n) is 2.68. The monoisotopic (exact) mass is 278 g/mol. The Balaban J connectivity index is 1.93. The molecule has 0 spiro atoms. The van der Waals surface area contributed by atoms with Gasteiger partial charge in [0.2, 0.25) is 0 Å². The molecule has 0 N–H and O–H groups in total. The number of likely N-dealkylation sites (N-methyl/N-ethyl adjacent to an activating group) is 1. The fourth-order valence-electron chi connectivity index (χ4n) is 1.79. The van der Waals surface area contributed by atoms with Crippen molar-refractivity contribution in [3.8, 4) is 0 Å². The molecule has 2 aromatic rings. The molecule has 0 aliphatic heterocycles. The van der Waals surface area contributed by atoms with Crippen LogP contribution in [0, 0.1) is 12.7 Å². The molecule has 19 heavy (non-hydrogen) atoms. The van der Waals surface area contributed by atoms with Crippen LogP contribution in [-0.2, 0) is 6.54 Å². The molecule has 3 nitrogen and oxygen atoms in total. The summed E-state index contributed by atoms with van der Waals surface area (Å²) in [5.74, 6) is -0.350. The van der Waals surface area contributed by atoms with Crippen molar-refractivity contribution in [1.29, 1.82) is 0 Å². The molecule has 0 radical (unpaired) electrons. The van der Waals surface area contributed by atoms with E-state index < -0.39 is 0 Å². The first-order valence-electron chi connectivity index (χ1n) is 5.93. The molecule has 0 saturated carbocycles. The number of benzene rings is 1. The molecule has 100 valence electrons. The maximum Gasteiger partial charge on any atom is 0.176 e. The topological polar surface area (TPSA) is 33.2 Å². The molecule has 0 saturated heterocycles. The molecule has 0 aliphatic rings. The number of aryl methyl sites for hydroxylation is 1. The van der Waals surface area contributed by atoms with Gasteiger partial charge in [0.15, 0.2) is 5.78 Å². The van der Waals surface area contributed by atoms with Crippen molar-refractivity contribution in [3.63, 3.8) is 0 Å². The van der Waals surface area contributed by atoms with Crippen LogP contribution in [0.25, 0.3) is 0 Å². The van der Waals surface area contributed by atoms with Crippen molar-refractivity contribution in [2.24, 2.45) is 0 Å². The fourth-order valence-corrected chi connectivity index (χ4v) is 2.39. The van der Waals surface area contributed by atoms with Crippen LogP contribution < -0.4 is 0 Å². The summed E-state index contributed by atoms with van der Waals surface area (Å²) < 4.78 is 12.8. The van der Waals surface area contributed by atoms with E-state index in [1.54, 1.807) is 11.3 Å². The van der Waals surface area contributed by atoms with Crippen molar-refractivity contribution in [1.82, 2.24) is 9.88 Å². The maximum atomic E-state index is 12.8. The van der Waals surface area contributed by atoms with E-state index in [0.29, 0.717) is 18.7 Å². The molecule has 0 atom stereocenters. The third-order valence-corrected chi connectivity index (χ3v) is 3.50. The highest BCUT2D eigenvalue weighted by Crippen LogP contribution is 2.10. The van der Waals surface area contributed by atoms with E-state index in [2.05, 4.69) is 4.98 Å². The van der Waals surface area contributed by atoms with Gasteiger partial charge < -0.3 is 0 Å². The van der Waals surface area contributed by atoms with Crippen LogP contribution in [0.4, 0.5) is 4.39 Å². The Morgan fingerprint density at radius 3 is 2.63 bits per heavy atom. The molecule has 0 unspecified atom stereocenters. The first-order valence-corrected chi connectivity index (χ1v) is 6.81. The molecule has 2 rings (SSSR count). The molecule has 0 fully saturated rings. The minimum absolute atomic E-state index is 0.0190. The summed E-state index contributed by atoms with van der Waals surface area (Å²) in [5, 5.41) is 3.02. The standard InChI is InChI=1S/C14H15FN2OS/c1-10-16-13(9-19-10)7-17(2)8-14(18)11-3-5-12(15)6-4-11/h3-6,9H,7-8H2,1-2H3. The van der Waals surface area contributed by atoms with E-state index in [1.807, 2.05) is 24.3 Å². The highest BCUT2D eigenvalue weighted by molar-refractivity contribution is 7.09. The highest BCUT2D eigenvalue weighted by Gasteiger charge is 2.11. The summed E-state index contributed by atoms with van der Waals surface area (Å²) in [4.78, 5) is 18.2. The maximum absolute atomic E-state index is 12.8. The molecular formula is C14H15FN2OS. The predicted octanol–water partition coefficient (Wildman–Crippen LogP) is 2.91. The van der Waals surface area contributed by atoms with Crippen molar-refractivity contribution < 1.29 is 9.18 Å². The summed E-state index contributed by atoms with van der Waals surface area (Å²) in [6.45, 7) is 2.89. The predicted molar refractivity (Wildman–Crippen MR) is 73.9 cm³/mol. The van der Waals surface area contributed by atoms with Gasteiger partial charge in [-0.1, -0.05) is 0 Å². The van der Waals surface area contributed by atoms with Crippen LogP contribution in [0.1, 0.15) is 21.1 Å². The van der Waals surface area contributed by atoms with Crippen molar-refractivity contribution in [3.05, 3.63) is 51.7 Å². The van der Waals surface area contributed by atoms with E-state index in [0.717, 1.165) is 10.7 Å². The number of thiazole rings is 1. The van der Waals surface area contributed by atoms with Gasteiger partial charge in [-0.15, -0.1) is 11.3 Å². The van der Waals surface area contributed by atoms with Gasteiger partial charge in [-0.3, -0.25) is 9.69 Å². The van der Waals surface area contributed by atoms with Gasteiger partial charge in [-0.05, 0) is 38.2 Å². The van der Waals surface area contributed by atoms with E-state index in [4.69, 9.17) is 0 Å². The van der Waals surface area contributed by atoms with Gasteiger partial charge in [-0.25, -0.2) is 9.37 Å². The minimum Gasteiger partial charge on any atom is -0.293 e. The number of hydrogen-bond donors (Lipinski definition) is 0. The van der Waals surface area contributed by atoms with Crippen molar-refractivity contribution in [2.45, 2.75) is 13.5 Å². The zero-order valence-electron chi connectivity index (χ0n) is 10.9. The summed E-state index contributed by atoms with van der Waals surface area (Å²) in [7, 11) is 1.87. The Morgan fingerprint density at radius 1 is 1.37 bits per heavy atom. The second kappa shape index (κ2) is 6.04. The number of nitrogens with zero attached hydrogens (tertiary/aromatic N) is 2. The number of ketones is 1. The smallest absolute Gasteiger partial charge is 0.176 e. The average Bonchev–Trinajstić information content (AvgIpc) is 2.75. The van der Waals surface area contributed by atoms with Crippen LogP contribution >= 0.6 is 11.3 Å². The van der Waals surface area contributed by atoms with Gasteiger partial charge in [0, 0.05) is 17.5 Å². The lowest BCUT2D eigenvalue weighted by molar-refractivity contribution is 0.0942. The van der Waals surface area contributed by atoms with Gasteiger partial charge in [0.25, 0.3) is 0 Å². The molecule has 0 bridgehead atoms. The third kappa shape index (κ3) is 3.94. The van der Waals surface area contributed by atoms with E-state index in [-0.39, 0.29) is 11.6 Å². The first kappa shape index (κ1) is 13.8. The van der Waals surface area contributed by atoms with Gasteiger partial charge in [0.1, 0.15) is 5.82 Å². The summed E-state index contributed by atoms with van der Waals surface area (Å²) in [5.41, 5.74) is 1.50. The molecule has 1 aromatic carbocycles. The van der Waals surface area contributed by atoms with Crippen LogP contribution in [0.15, 0.2) is 29.6 Å². The number of carbonyl (C=O) groups excluding carboxylic acids is 1. The summed E-state index contributed by atoms with van der Waals surface area (Å²) >= 11 is 1.60. The number of Topliss-reactive ketones (excluding diaryl/α,β-unsaturated/α-hetero) is 1. The van der Waals surface area contributed by atoms with Crippen molar-refractivity contribution >= 4 is 17.1 Å². The minimum atomic E-state index is -0.331. The molecule has 1 heterocycles. The Morgan fingerprint density at radius 2 is 2.05 bits per heavy atom. The average molecular weight is 278 g/mol. The SMILES string of the molecule is Cc1nc(CN(C)CC(=O)c2ccc(F)cc2)cs1. The number of hydrogen-bond acceptors (Lipinski definition) is 4. The molecular weight excluding hydrogens is 263 g/mol. The zero-order valence-corrected chi connectivity index (χ0v) is 11.7. The van der Waals surface area contributed by atoms with Crippen LogP contribution in [-0.4, -0.2) is 29.3 Å². The van der Waals surface area contributed by atoms with Crippen LogP contribution in [0.2, 0.25) is 0 Å². The normalized spacial score (nSPS) is 10.9. The molecule has 1 aromatic heterocycles. The lowest BCUT2D eigenvalue weighted by Crippen LogP contribution is -2.25. The Kier molecular flexibility index (Phi) is 4.39. The first-order chi connectivity index (χ1) is 9.04. The van der Waals surface area contributed by atoms with E-state index in [1.165, 1.54) is 24.3 Å². The van der Waals surface area contributed by atoms with Gasteiger partial charge in [0.05, 0.1) is 17.2 Å². The Bertz CT molecular complexity index is 565. The van der Waals surface area contributed by atoms with Crippen LogP contribution in [0.5, 0.6) is 0 Å². The summed E-state index contributed by atoms with van der Waals surface area (Å²) in [6, 6.07) is 5.63. The Labute approximate surface area is 115 Å². The zero-order chi connectivity index (χ0) is 13.8. The molecule has 0 amide bonds. The largest absolute Gasteiger partial charge is 0.293 e. The highest BCUT2D eigenvalue weighted by atomic mass is 32.1. The van der Waals surface area contributed by atoms with Crippen molar-refractivity contribution in [2.75, 3.05) is 13.6 Å². The number of rotatable bonds is 5. The fraction of sp³-hybridized carbons (Fsp3) is 0.286.